The van der Waals surface area contributed by atoms with Crippen molar-refractivity contribution in [1.29, 1.82) is 0 Å². The van der Waals surface area contributed by atoms with Crippen molar-refractivity contribution >= 4 is 17.4 Å². The van der Waals surface area contributed by atoms with Crippen LogP contribution in [0.3, 0.4) is 0 Å². The van der Waals surface area contributed by atoms with Crippen molar-refractivity contribution in [3.63, 3.8) is 0 Å². The maximum Gasteiger partial charge on any atom is 0.410 e. The molecule has 0 aliphatic carbocycles. The number of thiophene rings is 1. The highest BCUT2D eigenvalue weighted by Crippen LogP contribution is 2.33. The van der Waals surface area contributed by atoms with Crippen LogP contribution in [0.5, 0.6) is 0 Å². The molecule has 0 aliphatic rings. The molecule has 0 radical (unpaired) electrons. The van der Waals surface area contributed by atoms with Crippen LogP contribution in [0.25, 0.3) is 10.4 Å². The van der Waals surface area contributed by atoms with Gasteiger partial charge in [0, 0.05) is 29.4 Å². The second-order valence-electron chi connectivity index (χ2n) is 6.54. The zero-order chi connectivity index (χ0) is 19.2. The third-order valence-electron chi connectivity index (χ3n) is 4.28. The van der Waals surface area contributed by atoms with Gasteiger partial charge in [0.2, 0.25) is 0 Å². The van der Waals surface area contributed by atoms with E-state index >= 15 is 0 Å². The number of hydrogen-bond donors (Lipinski definition) is 1. The van der Waals surface area contributed by atoms with Gasteiger partial charge in [0.15, 0.2) is 0 Å². The Morgan fingerprint density at radius 1 is 1.07 bits per heavy atom. The summed E-state index contributed by atoms with van der Waals surface area (Å²) in [6, 6.07) is 22.0. The molecule has 0 saturated heterocycles. The Balaban J connectivity index is 1.68. The molecule has 0 bridgehead atoms. The largest absolute Gasteiger partial charge is 0.445 e. The lowest BCUT2D eigenvalue weighted by Gasteiger charge is -2.19. The van der Waals surface area contributed by atoms with Crippen molar-refractivity contribution in [2.75, 3.05) is 7.05 Å². The lowest BCUT2D eigenvalue weighted by molar-refractivity contribution is 0.103. The lowest BCUT2D eigenvalue weighted by atomic mass is 10.1. The van der Waals surface area contributed by atoms with Gasteiger partial charge in [0.05, 0.1) is 0 Å². The van der Waals surface area contributed by atoms with Crippen LogP contribution < -0.4 is 5.73 Å². The standard InChI is InChI=1S/C22H24N2O2S/c1-16(23)20-12-13-21(27-20)19-11-7-6-10-18(19)14-24(2)22(25)26-15-17-8-4-3-5-9-17/h3-13,16H,14-15,23H2,1-2H3/t16-/m1/s1. The number of nitrogens with zero attached hydrogens (tertiary/aromatic N) is 1. The van der Waals surface area contributed by atoms with E-state index < -0.39 is 0 Å². The van der Waals surface area contributed by atoms with E-state index in [1.54, 1.807) is 23.3 Å². The Morgan fingerprint density at radius 2 is 1.78 bits per heavy atom. The number of carbonyl (C=O) groups excluding carboxylic acids is 1. The van der Waals surface area contributed by atoms with E-state index in [0.717, 1.165) is 26.4 Å². The topological polar surface area (TPSA) is 55.6 Å². The normalized spacial score (nSPS) is 11.8. The first-order valence-corrected chi connectivity index (χ1v) is 9.71. The molecule has 3 rings (SSSR count). The van der Waals surface area contributed by atoms with Crippen molar-refractivity contribution in [3.05, 3.63) is 82.7 Å². The van der Waals surface area contributed by atoms with Gasteiger partial charge in [0.1, 0.15) is 6.61 Å². The minimum atomic E-state index is -0.337. The van der Waals surface area contributed by atoms with Crippen LogP contribution in [0.15, 0.2) is 66.7 Å². The van der Waals surface area contributed by atoms with Crippen LogP contribution in [0.1, 0.15) is 29.0 Å². The highest BCUT2D eigenvalue weighted by Gasteiger charge is 2.15. The third kappa shape index (κ3) is 4.96. The van der Waals surface area contributed by atoms with Gasteiger partial charge in [-0.1, -0.05) is 54.6 Å². The lowest BCUT2D eigenvalue weighted by Crippen LogP contribution is -2.27. The number of amides is 1. The van der Waals surface area contributed by atoms with Gasteiger partial charge < -0.3 is 15.4 Å². The Hall–Kier alpha value is -2.63. The molecule has 4 nitrogen and oxygen atoms in total. The first-order chi connectivity index (χ1) is 13.0. The molecule has 1 heterocycles. The fraction of sp³-hybridized carbons (Fsp3) is 0.227. The Labute approximate surface area is 164 Å². The summed E-state index contributed by atoms with van der Waals surface area (Å²) in [7, 11) is 1.76. The maximum atomic E-state index is 12.4. The van der Waals surface area contributed by atoms with Gasteiger partial charge in [-0.05, 0) is 35.7 Å². The highest BCUT2D eigenvalue weighted by molar-refractivity contribution is 7.15. The highest BCUT2D eigenvalue weighted by atomic mass is 32.1. The van der Waals surface area contributed by atoms with E-state index in [4.69, 9.17) is 10.5 Å². The van der Waals surface area contributed by atoms with E-state index in [-0.39, 0.29) is 18.7 Å². The first-order valence-electron chi connectivity index (χ1n) is 8.90. The molecular formula is C22H24N2O2S. The molecule has 0 aliphatic heterocycles. The molecule has 140 valence electrons. The van der Waals surface area contributed by atoms with Crippen LogP contribution in [0, 0.1) is 0 Å². The fourth-order valence-corrected chi connectivity index (χ4v) is 3.81. The third-order valence-corrected chi connectivity index (χ3v) is 5.60. The SMILES string of the molecule is C[C@@H](N)c1ccc(-c2ccccc2CN(C)C(=O)OCc2ccccc2)s1. The molecule has 0 fully saturated rings. The van der Waals surface area contributed by atoms with Crippen molar-refractivity contribution in [2.45, 2.75) is 26.1 Å². The molecule has 2 N–H and O–H groups in total. The fourth-order valence-electron chi connectivity index (χ4n) is 2.79. The van der Waals surface area contributed by atoms with Crippen molar-refractivity contribution in [1.82, 2.24) is 4.90 Å². The van der Waals surface area contributed by atoms with Gasteiger partial charge in [-0.15, -0.1) is 11.3 Å². The van der Waals surface area contributed by atoms with E-state index in [9.17, 15) is 4.79 Å². The zero-order valence-electron chi connectivity index (χ0n) is 15.6. The Kier molecular flexibility index (Phi) is 6.27. The summed E-state index contributed by atoms with van der Waals surface area (Å²) in [5, 5.41) is 0. The molecule has 1 aromatic heterocycles. The van der Waals surface area contributed by atoms with Crippen LogP contribution in [0.4, 0.5) is 4.79 Å². The zero-order valence-corrected chi connectivity index (χ0v) is 16.4. The summed E-state index contributed by atoms with van der Waals surface area (Å²) in [6.45, 7) is 2.74. The smallest absolute Gasteiger partial charge is 0.410 e. The maximum absolute atomic E-state index is 12.4. The predicted octanol–water partition coefficient (Wildman–Crippen LogP) is 5.20. The van der Waals surface area contributed by atoms with Crippen LogP contribution in [0.2, 0.25) is 0 Å². The number of nitrogens with two attached hydrogens (primary N) is 1. The molecule has 2 aromatic carbocycles. The summed E-state index contributed by atoms with van der Waals surface area (Å²) in [5.74, 6) is 0. The van der Waals surface area contributed by atoms with Gasteiger partial charge in [-0.3, -0.25) is 0 Å². The number of benzene rings is 2. The number of carbonyl (C=O) groups is 1. The van der Waals surface area contributed by atoms with Gasteiger partial charge in [-0.25, -0.2) is 4.79 Å². The van der Waals surface area contributed by atoms with Crippen LogP contribution in [-0.4, -0.2) is 18.0 Å². The summed E-state index contributed by atoms with van der Waals surface area (Å²) in [6.07, 6.45) is -0.337. The molecule has 5 heteroatoms. The first kappa shape index (κ1) is 19.1. The van der Waals surface area contributed by atoms with E-state index in [1.165, 1.54) is 0 Å². The van der Waals surface area contributed by atoms with Crippen molar-refractivity contribution < 1.29 is 9.53 Å². The quantitative estimate of drug-likeness (QED) is 0.639. The number of rotatable bonds is 6. The Bertz CT molecular complexity index is 890. The van der Waals surface area contributed by atoms with Crippen LogP contribution in [-0.2, 0) is 17.9 Å². The molecule has 0 unspecified atom stereocenters. The van der Waals surface area contributed by atoms with E-state index in [2.05, 4.69) is 18.2 Å². The van der Waals surface area contributed by atoms with E-state index in [0.29, 0.717) is 6.54 Å². The van der Waals surface area contributed by atoms with Gasteiger partial charge in [-0.2, -0.15) is 0 Å². The molecule has 0 spiro atoms. The summed E-state index contributed by atoms with van der Waals surface area (Å²) < 4.78 is 5.42. The number of hydrogen-bond acceptors (Lipinski definition) is 4. The monoisotopic (exact) mass is 380 g/mol. The molecule has 3 aromatic rings. The molecule has 27 heavy (non-hydrogen) atoms. The predicted molar refractivity (Wildman–Crippen MR) is 110 cm³/mol. The van der Waals surface area contributed by atoms with Crippen molar-refractivity contribution in [3.8, 4) is 10.4 Å². The molecule has 0 saturated carbocycles. The van der Waals surface area contributed by atoms with Gasteiger partial charge in [0.25, 0.3) is 0 Å². The minimum absolute atomic E-state index is 0.0200. The second kappa shape index (κ2) is 8.84. The molecular weight excluding hydrogens is 356 g/mol. The summed E-state index contributed by atoms with van der Waals surface area (Å²) in [5.41, 5.74) is 9.16. The second-order valence-corrected chi connectivity index (χ2v) is 7.66. The molecule has 1 amide bonds. The minimum Gasteiger partial charge on any atom is -0.445 e. The summed E-state index contributed by atoms with van der Waals surface area (Å²) in [4.78, 5) is 16.3. The number of ether oxygens (including phenoxy) is 1. The van der Waals surface area contributed by atoms with Crippen LogP contribution >= 0.6 is 11.3 Å². The summed E-state index contributed by atoms with van der Waals surface area (Å²) >= 11 is 1.69. The van der Waals surface area contributed by atoms with Gasteiger partial charge >= 0.3 is 6.09 Å². The Morgan fingerprint density at radius 3 is 2.48 bits per heavy atom. The molecule has 1 atom stereocenters. The van der Waals surface area contributed by atoms with Crippen molar-refractivity contribution in [2.24, 2.45) is 5.73 Å². The average molecular weight is 381 g/mol. The van der Waals surface area contributed by atoms with E-state index in [1.807, 2.05) is 55.5 Å². The average Bonchev–Trinajstić information content (AvgIpc) is 3.17.